The second-order valence-corrected chi connectivity index (χ2v) is 6.54. The van der Waals surface area contributed by atoms with Gasteiger partial charge in [-0.1, -0.05) is 28.9 Å². The zero-order valence-corrected chi connectivity index (χ0v) is 14.4. The lowest BCUT2D eigenvalue weighted by Crippen LogP contribution is -2.44. The Kier molecular flexibility index (Phi) is 5.38. The molecule has 1 unspecified atom stereocenters. The van der Waals surface area contributed by atoms with Crippen LogP contribution >= 0.6 is 11.6 Å². The molecule has 2 heterocycles. The first-order valence-electron chi connectivity index (χ1n) is 8.30. The highest BCUT2D eigenvalue weighted by Gasteiger charge is 2.29. The molecule has 1 saturated heterocycles. The molecule has 1 amide bonds. The van der Waals surface area contributed by atoms with E-state index in [4.69, 9.17) is 21.2 Å². The van der Waals surface area contributed by atoms with Gasteiger partial charge in [0.05, 0.1) is 5.02 Å². The average molecular weight is 363 g/mol. The molecule has 132 valence electrons. The van der Waals surface area contributed by atoms with Crippen LogP contribution in [0.25, 0.3) is 11.3 Å². The van der Waals surface area contributed by atoms with E-state index in [0.717, 1.165) is 19.3 Å². The van der Waals surface area contributed by atoms with Gasteiger partial charge < -0.3 is 14.5 Å². The number of halogens is 1. The number of aromatic nitrogens is 1. The first-order chi connectivity index (χ1) is 12.1. The van der Waals surface area contributed by atoms with Gasteiger partial charge in [-0.15, -0.1) is 0 Å². The van der Waals surface area contributed by atoms with Crippen LogP contribution in [-0.2, 0) is 4.79 Å². The van der Waals surface area contributed by atoms with E-state index >= 15 is 0 Å². The second-order valence-electron chi connectivity index (χ2n) is 6.14. The summed E-state index contributed by atoms with van der Waals surface area (Å²) < 4.78 is 5.30. The first-order valence-corrected chi connectivity index (χ1v) is 8.68. The molecule has 1 aromatic heterocycles. The van der Waals surface area contributed by atoms with Crippen molar-refractivity contribution < 1.29 is 19.2 Å². The van der Waals surface area contributed by atoms with Crippen molar-refractivity contribution in [1.29, 1.82) is 0 Å². The molecular formula is C18H19ClN2O4. The van der Waals surface area contributed by atoms with Crippen molar-refractivity contribution >= 4 is 23.5 Å². The van der Waals surface area contributed by atoms with Crippen LogP contribution in [0.3, 0.4) is 0 Å². The molecule has 0 saturated carbocycles. The quantitative estimate of drug-likeness (QED) is 0.873. The van der Waals surface area contributed by atoms with Crippen molar-refractivity contribution in [3.05, 3.63) is 41.0 Å². The summed E-state index contributed by atoms with van der Waals surface area (Å²) in [5, 5.41) is 13.3. The molecule has 25 heavy (non-hydrogen) atoms. The minimum atomic E-state index is -0.847. The number of carbonyl (C=O) groups excluding carboxylic acids is 1. The molecule has 3 rings (SSSR count). The van der Waals surface area contributed by atoms with Gasteiger partial charge in [-0.05, 0) is 37.8 Å². The number of carboxylic acids is 1. The van der Waals surface area contributed by atoms with Crippen molar-refractivity contribution in [2.75, 3.05) is 6.54 Å². The summed E-state index contributed by atoms with van der Waals surface area (Å²) in [4.78, 5) is 25.4. The summed E-state index contributed by atoms with van der Waals surface area (Å²) in [6.45, 7) is 0.609. The fourth-order valence-electron chi connectivity index (χ4n) is 3.17. The van der Waals surface area contributed by atoms with Gasteiger partial charge in [0.2, 0.25) is 0 Å². The fourth-order valence-corrected chi connectivity index (χ4v) is 3.40. The predicted molar refractivity (Wildman–Crippen MR) is 92.5 cm³/mol. The Hall–Kier alpha value is -2.34. The number of hydrogen-bond acceptors (Lipinski definition) is 4. The average Bonchev–Trinajstić information content (AvgIpc) is 3.10. The molecule has 0 spiro atoms. The molecule has 7 heteroatoms. The van der Waals surface area contributed by atoms with Crippen LogP contribution in [0.1, 0.15) is 42.6 Å². The standard InChI is InChI=1S/C18H19ClN2O4/c19-14-7-2-1-6-13(14)16-11-15(20-25-16)18(24)21-10-4-3-5-12(21)8-9-17(22)23/h1-2,6-7,11-12H,3-5,8-10H2,(H,22,23). The lowest BCUT2D eigenvalue weighted by molar-refractivity contribution is -0.137. The third-order valence-corrected chi connectivity index (χ3v) is 4.78. The monoisotopic (exact) mass is 362 g/mol. The molecule has 1 aliphatic heterocycles. The predicted octanol–water partition coefficient (Wildman–Crippen LogP) is 3.85. The van der Waals surface area contributed by atoms with Crippen molar-refractivity contribution in [3.8, 4) is 11.3 Å². The number of nitrogens with zero attached hydrogens (tertiary/aromatic N) is 2. The van der Waals surface area contributed by atoms with Crippen LogP contribution in [0.5, 0.6) is 0 Å². The Morgan fingerprint density at radius 1 is 1.32 bits per heavy atom. The van der Waals surface area contributed by atoms with Crippen LogP contribution in [0.2, 0.25) is 5.02 Å². The molecular weight excluding hydrogens is 344 g/mol. The van der Waals surface area contributed by atoms with Gasteiger partial charge in [0.25, 0.3) is 5.91 Å². The number of benzene rings is 1. The molecule has 0 radical (unpaired) electrons. The number of aliphatic carboxylic acids is 1. The number of carbonyl (C=O) groups is 2. The number of rotatable bonds is 5. The summed E-state index contributed by atoms with van der Waals surface area (Å²) in [5.41, 5.74) is 0.897. The Bertz CT molecular complexity index is 774. The van der Waals surface area contributed by atoms with Crippen molar-refractivity contribution in [2.45, 2.75) is 38.1 Å². The summed E-state index contributed by atoms with van der Waals surface area (Å²) in [7, 11) is 0. The highest BCUT2D eigenvalue weighted by atomic mass is 35.5. The fraction of sp³-hybridized carbons (Fsp3) is 0.389. The zero-order valence-electron chi connectivity index (χ0n) is 13.7. The van der Waals surface area contributed by atoms with Crippen molar-refractivity contribution in [3.63, 3.8) is 0 Å². The van der Waals surface area contributed by atoms with Gasteiger partial charge in [-0.25, -0.2) is 0 Å². The largest absolute Gasteiger partial charge is 0.481 e. The van der Waals surface area contributed by atoms with E-state index in [-0.39, 0.29) is 24.1 Å². The maximum absolute atomic E-state index is 12.8. The maximum Gasteiger partial charge on any atom is 0.303 e. The van der Waals surface area contributed by atoms with Gasteiger partial charge in [0, 0.05) is 30.6 Å². The van der Waals surface area contributed by atoms with Crippen LogP contribution in [0.4, 0.5) is 0 Å². The van der Waals surface area contributed by atoms with Crippen molar-refractivity contribution in [2.24, 2.45) is 0 Å². The smallest absolute Gasteiger partial charge is 0.303 e. The number of likely N-dealkylation sites (tertiary alicyclic amines) is 1. The third-order valence-electron chi connectivity index (χ3n) is 4.45. The van der Waals surface area contributed by atoms with Crippen LogP contribution in [0.15, 0.2) is 34.9 Å². The molecule has 2 aromatic rings. The normalized spacial score (nSPS) is 17.5. The van der Waals surface area contributed by atoms with Crippen LogP contribution < -0.4 is 0 Å². The minimum absolute atomic E-state index is 0.0537. The Balaban J connectivity index is 1.78. The molecule has 0 aliphatic carbocycles. The topological polar surface area (TPSA) is 83.6 Å². The van der Waals surface area contributed by atoms with Gasteiger partial charge in [0.1, 0.15) is 0 Å². The van der Waals surface area contributed by atoms with Gasteiger partial charge in [-0.2, -0.15) is 0 Å². The highest BCUT2D eigenvalue weighted by molar-refractivity contribution is 6.33. The van der Waals surface area contributed by atoms with E-state index in [9.17, 15) is 9.59 Å². The summed E-state index contributed by atoms with van der Waals surface area (Å²) in [6.07, 6.45) is 3.23. The molecule has 6 nitrogen and oxygen atoms in total. The third kappa shape index (κ3) is 4.02. The van der Waals surface area contributed by atoms with Gasteiger partial charge in [-0.3, -0.25) is 9.59 Å². The number of hydrogen-bond donors (Lipinski definition) is 1. The van der Waals surface area contributed by atoms with E-state index in [2.05, 4.69) is 5.16 Å². The zero-order chi connectivity index (χ0) is 17.8. The Morgan fingerprint density at radius 2 is 2.12 bits per heavy atom. The first kappa shape index (κ1) is 17.5. The maximum atomic E-state index is 12.8. The molecule has 0 bridgehead atoms. The molecule has 1 aliphatic rings. The van der Waals surface area contributed by atoms with Crippen LogP contribution in [0, 0.1) is 0 Å². The van der Waals surface area contributed by atoms with E-state index in [0.29, 0.717) is 29.3 Å². The molecule has 1 fully saturated rings. The van der Waals surface area contributed by atoms with E-state index in [1.807, 2.05) is 12.1 Å². The summed E-state index contributed by atoms with van der Waals surface area (Å²) >= 11 is 6.15. The van der Waals surface area contributed by atoms with E-state index < -0.39 is 5.97 Å². The summed E-state index contributed by atoms with van der Waals surface area (Å²) in [6, 6.07) is 8.71. The Morgan fingerprint density at radius 3 is 2.88 bits per heavy atom. The SMILES string of the molecule is O=C(O)CCC1CCCCN1C(=O)c1cc(-c2ccccc2Cl)on1. The second kappa shape index (κ2) is 7.70. The van der Waals surface area contributed by atoms with E-state index in [1.54, 1.807) is 23.1 Å². The molecule has 1 N–H and O–H groups in total. The van der Waals surface area contributed by atoms with Crippen molar-refractivity contribution in [1.82, 2.24) is 10.1 Å². The lowest BCUT2D eigenvalue weighted by Gasteiger charge is -2.35. The number of amides is 1. The molecule has 1 atom stereocenters. The molecule has 1 aromatic carbocycles. The number of piperidine rings is 1. The number of carboxylic acid groups (broad SMARTS) is 1. The van der Waals surface area contributed by atoms with Crippen LogP contribution in [-0.4, -0.2) is 39.6 Å². The summed E-state index contributed by atoms with van der Waals surface area (Å²) in [5.74, 6) is -0.634. The Labute approximate surface area is 150 Å². The minimum Gasteiger partial charge on any atom is -0.481 e. The van der Waals surface area contributed by atoms with Gasteiger partial charge >= 0.3 is 5.97 Å². The highest BCUT2D eigenvalue weighted by Crippen LogP contribution is 2.29. The lowest BCUT2D eigenvalue weighted by atomic mass is 9.97. The van der Waals surface area contributed by atoms with Gasteiger partial charge in [0.15, 0.2) is 11.5 Å². The van der Waals surface area contributed by atoms with E-state index in [1.165, 1.54) is 0 Å².